The van der Waals surface area contributed by atoms with Crippen LogP contribution in [0, 0.1) is 0 Å². The Morgan fingerprint density at radius 1 is 0.973 bits per heavy atom. The normalized spacial score (nSPS) is 23.7. The molecule has 0 unspecified atom stereocenters. The first-order valence-corrected chi connectivity index (χ1v) is 11.7. The van der Waals surface area contributed by atoms with Crippen molar-refractivity contribution in [3.63, 3.8) is 0 Å². The maximum absolute atomic E-state index is 12.7. The number of halogens is 1. The Hall–Kier alpha value is -3.22. The fourth-order valence-electron chi connectivity index (χ4n) is 3.48. The van der Waals surface area contributed by atoms with Gasteiger partial charge in [0.15, 0.2) is 11.7 Å². The molecule has 0 radical (unpaired) electrons. The van der Waals surface area contributed by atoms with Gasteiger partial charge in [-0.3, -0.25) is 4.79 Å². The first-order chi connectivity index (χ1) is 17.4. The highest BCUT2D eigenvalue weighted by Gasteiger charge is 2.49. The van der Waals surface area contributed by atoms with Crippen LogP contribution in [0.3, 0.4) is 0 Å². The van der Waals surface area contributed by atoms with Gasteiger partial charge in [-0.2, -0.15) is 0 Å². The quantitative estimate of drug-likeness (QED) is 0.289. The maximum Gasteiger partial charge on any atom is 0.352 e. The van der Waals surface area contributed by atoms with Crippen LogP contribution in [0.15, 0.2) is 48.5 Å². The fraction of sp³-hybridized carbons (Fsp3) is 0.400. The van der Waals surface area contributed by atoms with Crippen LogP contribution >= 0.6 is 11.6 Å². The minimum Gasteiger partial charge on any atom is -0.479 e. The van der Waals surface area contributed by atoms with E-state index in [4.69, 9.17) is 30.9 Å². The fourth-order valence-corrected chi connectivity index (χ4v) is 3.61. The second kappa shape index (κ2) is 11.9. The highest BCUT2D eigenvalue weighted by molar-refractivity contribution is 6.30. The van der Waals surface area contributed by atoms with Gasteiger partial charge in [-0.25, -0.2) is 9.59 Å². The average Bonchev–Trinajstić information content (AvgIpc) is 2.85. The number of carboxylic acids is 1. The van der Waals surface area contributed by atoms with Gasteiger partial charge >= 0.3 is 11.9 Å². The van der Waals surface area contributed by atoms with Gasteiger partial charge in [0.1, 0.15) is 24.1 Å². The number of benzene rings is 2. The van der Waals surface area contributed by atoms with Crippen LogP contribution in [0.5, 0.6) is 5.75 Å². The number of rotatable bonds is 9. The molecular weight excluding hydrogens is 510 g/mol. The minimum absolute atomic E-state index is 0.222. The lowest BCUT2D eigenvalue weighted by Crippen LogP contribution is -2.61. The Balaban J connectivity index is 1.52. The van der Waals surface area contributed by atoms with Gasteiger partial charge in [0, 0.05) is 17.1 Å². The van der Waals surface area contributed by atoms with E-state index in [2.05, 4.69) is 5.32 Å². The molecule has 5 atom stereocenters. The molecule has 1 amide bonds. The first-order valence-electron chi connectivity index (χ1n) is 11.3. The van der Waals surface area contributed by atoms with Crippen molar-refractivity contribution < 1.29 is 49.0 Å². The van der Waals surface area contributed by atoms with Gasteiger partial charge in [-0.15, -0.1) is 0 Å². The number of carbonyl (C=O) groups is 3. The number of aliphatic carboxylic acids is 1. The summed E-state index contributed by atoms with van der Waals surface area (Å²) in [7, 11) is 0. The minimum atomic E-state index is -1.91. The number of aliphatic hydroxyl groups excluding tert-OH is 3. The summed E-state index contributed by atoms with van der Waals surface area (Å²) in [4.78, 5) is 36.1. The topological polar surface area (TPSA) is 172 Å². The van der Waals surface area contributed by atoms with E-state index in [1.54, 1.807) is 48.5 Å². The Morgan fingerprint density at radius 3 is 2.19 bits per heavy atom. The standard InChI is InChI=1S/C25H28ClNO10/c1-25(2,24(34)36-23-19(30)17(28)18(29)20(35-23)22(32)33)37-16-9-3-13(4-10-16)11-12-27-21(31)14-5-7-15(26)8-6-14/h3-10,17-20,23,28-30H,11-12H2,1-2H3,(H,27,31)(H,32,33)/t17-,18-,19+,20-,23-/m0/s1. The van der Waals surface area contributed by atoms with Crippen LogP contribution in [0.25, 0.3) is 0 Å². The van der Waals surface area contributed by atoms with E-state index in [0.717, 1.165) is 5.56 Å². The molecule has 1 fully saturated rings. The van der Waals surface area contributed by atoms with Crippen molar-refractivity contribution in [3.05, 3.63) is 64.7 Å². The maximum atomic E-state index is 12.7. The summed E-state index contributed by atoms with van der Waals surface area (Å²) in [5.41, 5.74) is -0.190. The highest BCUT2D eigenvalue weighted by atomic mass is 35.5. The summed E-state index contributed by atoms with van der Waals surface area (Å²) in [5.74, 6) is -2.50. The number of hydrogen-bond donors (Lipinski definition) is 5. The molecule has 0 aromatic heterocycles. The molecule has 0 spiro atoms. The van der Waals surface area contributed by atoms with Crippen molar-refractivity contribution in [1.82, 2.24) is 5.32 Å². The summed E-state index contributed by atoms with van der Waals surface area (Å²) in [6.07, 6.45) is -8.87. The molecule has 0 aliphatic carbocycles. The molecule has 5 N–H and O–H groups in total. The van der Waals surface area contributed by atoms with Gasteiger partial charge in [-0.05, 0) is 62.2 Å². The predicted molar refractivity (Wildman–Crippen MR) is 129 cm³/mol. The molecule has 200 valence electrons. The Bertz CT molecular complexity index is 1110. The van der Waals surface area contributed by atoms with E-state index in [-0.39, 0.29) is 5.91 Å². The van der Waals surface area contributed by atoms with Crippen LogP contribution < -0.4 is 10.1 Å². The molecule has 1 aliphatic rings. The zero-order chi connectivity index (χ0) is 27.3. The van der Waals surface area contributed by atoms with Crippen molar-refractivity contribution in [2.24, 2.45) is 0 Å². The number of carboxylic acid groups (broad SMARTS) is 1. The molecule has 37 heavy (non-hydrogen) atoms. The second-order valence-corrected chi connectivity index (χ2v) is 9.35. The lowest BCUT2D eigenvalue weighted by atomic mass is 9.99. The number of carbonyl (C=O) groups excluding carboxylic acids is 2. The third-order valence-electron chi connectivity index (χ3n) is 5.63. The molecule has 0 saturated carbocycles. The number of nitrogens with one attached hydrogen (secondary N) is 1. The Labute approximate surface area is 217 Å². The number of amides is 1. The van der Waals surface area contributed by atoms with Gasteiger partial charge in [0.25, 0.3) is 5.91 Å². The Kier molecular flexibility index (Phi) is 9.11. The molecule has 12 heteroatoms. The van der Waals surface area contributed by atoms with Gasteiger partial charge in [-0.1, -0.05) is 23.7 Å². The van der Waals surface area contributed by atoms with Crippen LogP contribution in [-0.2, 0) is 25.5 Å². The Morgan fingerprint density at radius 2 is 1.59 bits per heavy atom. The van der Waals surface area contributed by atoms with Crippen molar-refractivity contribution in [3.8, 4) is 5.75 Å². The van der Waals surface area contributed by atoms with Crippen LogP contribution in [0.4, 0.5) is 0 Å². The third kappa shape index (κ3) is 7.18. The van der Waals surface area contributed by atoms with E-state index < -0.39 is 48.2 Å². The molecule has 3 rings (SSSR count). The van der Waals surface area contributed by atoms with Crippen molar-refractivity contribution in [1.29, 1.82) is 0 Å². The van der Waals surface area contributed by atoms with E-state index >= 15 is 0 Å². The number of esters is 1. The average molecular weight is 538 g/mol. The zero-order valence-corrected chi connectivity index (χ0v) is 20.8. The summed E-state index contributed by atoms with van der Waals surface area (Å²) >= 11 is 5.83. The van der Waals surface area contributed by atoms with Crippen LogP contribution in [-0.4, -0.2) is 81.1 Å². The molecular formula is C25H28ClNO10. The summed E-state index contributed by atoms with van der Waals surface area (Å²) in [6.45, 7) is 3.18. The number of ether oxygens (including phenoxy) is 3. The molecule has 2 aromatic rings. The molecule has 11 nitrogen and oxygen atoms in total. The lowest BCUT2D eigenvalue weighted by molar-refractivity contribution is -0.289. The predicted octanol–water partition coefficient (Wildman–Crippen LogP) is 0.905. The zero-order valence-electron chi connectivity index (χ0n) is 20.0. The number of hydrogen-bond acceptors (Lipinski definition) is 9. The highest BCUT2D eigenvalue weighted by Crippen LogP contribution is 2.26. The van der Waals surface area contributed by atoms with Gasteiger partial charge < -0.3 is 40.0 Å². The summed E-state index contributed by atoms with van der Waals surface area (Å²) in [5, 5.41) is 42.1. The van der Waals surface area contributed by atoms with Crippen LogP contribution in [0.2, 0.25) is 5.02 Å². The SMILES string of the molecule is CC(C)(Oc1ccc(CCNC(=O)c2ccc(Cl)cc2)cc1)C(=O)O[C@@H]1O[C@H](C(=O)O)[C@@H](O)[C@H](O)[C@H]1O. The van der Waals surface area contributed by atoms with Gasteiger partial charge in [0.2, 0.25) is 6.29 Å². The molecule has 1 heterocycles. The second-order valence-electron chi connectivity index (χ2n) is 8.91. The van der Waals surface area contributed by atoms with Crippen molar-refractivity contribution in [2.45, 2.75) is 56.6 Å². The smallest absolute Gasteiger partial charge is 0.352 e. The first kappa shape index (κ1) is 28.4. The number of aliphatic hydroxyl groups is 3. The monoisotopic (exact) mass is 537 g/mol. The van der Waals surface area contributed by atoms with Gasteiger partial charge in [0.05, 0.1) is 0 Å². The molecule has 2 aromatic carbocycles. The van der Waals surface area contributed by atoms with E-state index in [1.165, 1.54) is 13.8 Å². The van der Waals surface area contributed by atoms with Crippen LogP contribution in [0.1, 0.15) is 29.8 Å². The van der Waals surface area contributed by atoms with E-state index in [9.17, 15) is 29.7 Å². The lowest BCUT2D eigenvalue weighted by Gasteiger charge is -2.39. The molecule has 1 saturated heterocycles. The van der Waals surface area contributed by atoms with E-state index in [0.29, 0.717) is 29.3 Å². The summed E-state index contributed by atoms with van der Waals surface area (Å²) in [6, 6.07) is 13.3. The summed E-state index contributed by atoms with van der Waals surface area (Å²) < 4.78 is 15.7. The molecule has 0 bridgehead atoms. The van der Waals surface area contributed by atoms with Crippen molar-refractivity contribution >= 4 is 29.4 Å². The molecule has 1 aliphatic heterocycles. The largest absolute Gasteiger partial charge is 0.479 e. The van der Waals surface area contributed by atoms with E-state index in [1.807, 2.05) is 0 Å². The van der Waals surface area contributed by atoms with Crippen molar-refractivity contribution in [2.75, 3.05) is 6.54 Å². The third-order valence-corrected chi connectivity index (χ3v) is 5.88.